The monoisotopic (exact) mass is 442 g/mol. The molecule has 1 amide bonds. The summed E-state index contributed by atoms with van der Waals surface area (Å²) in [5.41, 5.74) is 5.27. The highest BCUT2D eigenvalue weighted by Crippen LogP contribution is 2.28. The van der Waals surface area contributed by atoms with Crippen molar-refractivity contribution in [3.63, 3.8) is 0 Å². The highest BCUT2D eigenvalue weighted by molar-refractivity contribution is 6.05. The molecule has 0 saturated carbocycles. The fourth-order valence-corrected chi connectivity index (χ4v) is 3.61. The molecule has 2 aromatic heterocycles. The van der Waals surface area contributed by atoms with E-state index in [-0.39, 0.29) is 6.04 Å². The van der Waals surface area contributed by atoms with Crippen LogP contribution in [0.5, 0.6) is 0 Å². The van der Waals surface area contributed by atoms with E-state index in [4.69, 9.17) is 9.72 Å². The molecule has 4 aromatic rings. The van der Waals surface area contributed by atoms with Crippen molar-refractivity contribution in [2.45, 2.75) is 33.7 Å². The van der Waals surface area contributed by atoms with Gasteiger partial charge < -0.3 is 10.1 Å². The van der Waals surface area contributed by atoms with E-state index in [0.29, 0.717) is 28.0 Å². The zero-order valence-corrected chi connectivity index (χ0v) is 19.1. The molecule has 0 spiro atoms. The Labute approximate surface area is 192 Å². The maximum atomic E-state index is 13.0. The van der Waals surface area contributed by atoms with Gasteiger partial charge in [0, 0.05) is 17.3 Å². The average Bonchev–Trinajstić information content (AvgIpc) is 3.23. The van der Waals surface area contributed by atoms with Gasteiger partial charge in [-0.1, -0.05) is 42.0 Å². The fourth-order valence-electron chi connectivity index (χ4n) is 3.61. The first-order chi connectivity index (χ1) is 15.8. The summed E-state index contributed by atoms with van der Waals surface area (Å²) in [5, 5.41) is 7.74. The molecule has 0 fully saturated rings. The van der Waals surface area contributed by atoms with E-state index in [9.17, 15) is 9.59 Å². The van der Waals surface area contributed by atoms with Crippen LogP contribution in [0.1, 0.15) is 41.4 Å². The van der Waals surface area contributed by atoms with Crippen LogP contribution in [-0.2, 0) is 9.53 Å². The second-order valence-corrected chi connectivity index (χ2v) is 8.28. The molecule has 2 heterocycles. The predicted octanol–water partition coefficient (Wildman–Crippen LogP) is 5.09. The van der Waals surface area contributed by atoms with Crippen molar-refractivity contribution in [2.75, 3.05) is 11.9 Å². The first-order valence-corrected chi connectivity index (χ1v) is 10.8. The van der Waals surface area contributed by atoms with Crippen molar-refractivity contribution < 1.29 is 14.3 Å². The zero-order valence-electron chi connectivity index (χ0n) is 19.1. The van der Waals surface area contributed by atoms with Gasteiger partial charge in [-0.3, -0.25) is 4.79 Å². The standard InChI is InChI=1S/C26H26N4O3/c1-16(2)30-25-22(14-27-30)21(13-23(29-25)20-8-6-5-7-18(20)4)26(32)33-15-24(31)28-19-11-9-17(3)10-12-19/h5-14,16H,15H2,1-4H3,(H,28,31). The normalized spacial score (nSPS) is 11.1. The van der Waals surface area contributed by atoms with Crippen molar-refractivity contribution in [2.24, 2.45) is 0 Å². The van der Waals surface area contributed by atoms with Gasteiger partial charge in [0.25, 0.3) is 5.91 Å². The Balaban J connectivity index is 1.63. The first kappa shape index (κ1) is 22.2. The third-order valence-electron chi connectivity index (χ3n) is 5.37. The topological polar surface area (TPSA) is 86.1 Å². The van der Waals surface area contributed by atoms with Crippen LogP contribution in [-0.4, -0.2) is 33.2 Å². The van der Waals surface area contributed by atoms with Gasteiger partial charge in [-0.15, -0.1) is 0 Å². The number of amides is 1. The molecule has 168 valence electrons. The third kappa shape index (κ3) is 4.77. The molecule has 0 radical (unpaired) electrons. The lowest BCUT2D eigenvalue weighted by Crippen LogP contribution is -2.21. The van der Waals surface area contributed by atoms with Crippen molar-refractivity contribution >= 4 is 28.6 Å². The molecule has 0 aliphatic heterocycles. The number of nitrogens with one attached hydrogen (secondary N) is 1. The molecule has 1 N–H and O–H groups in total. The van der Waals surface area contributed by atoms with Gasteiger partial charge in [0.05, 0.1) is 22.8 Å². The minimum absolute atomic E-state index is 0.0614. The smallest absolute Gasteiger partial charge is 0.339 e. The molecule has 2 aromatic carbocycles. The number of esters is 1. The van der Waals surface area contributed by atoms with Crippen molar-refractivity contribution in [1.82, 2.24) is 14.8 Å². The Morgan fingerprint density at radius 1 is 1.06 bits per heavy atom. The summed E-state index contributed by atoms with van der Waals surface area (Å²) in [6.07, 6.45) is 1.62. The maximum absolute atomic E-state index is 13.0. The number of ether oxygens (including phenoxy) is 1. The van der Waals surface area contributed by atoms with Crippen LogP contribution in [0, 0.1) is 13.8 Å². The quantitative estimate of drug-likeness (QED) is 0.420. The van der Waals surface area contributed by atoms with E-state index in [1.54, 1.807) is 29.1 Å². The Hall–Kier alpha value is -4.00. The van der Waals surface area contributed by atoms with Gasteiger partial charge in [0.1, 0.15) is 0 Å². The molecule has 0 aliphatic carbocycles. The molecule has 0 saturated heterocycles. The average molecular weight is 443 g/mol. The lowest BCUT2D eigenvalue weighted by atomic mass is 10.0. The van der Waals surface area contributed by atoms with Crippen molar-refractivity contribution in [3.05, 3.63) is 77.5 Å². The van der Waals surface area contributed by atoms with E-state index >= 15 is 0 Å². The number of carbonyl (C=O) groups excluding carboxylic acids is 2. The number of rotatable bonds is 6. The Bertz CT molecular complexity index is 1320. The van der Waals surface area contributed by atoms with E-state index < -0.39 is 18.5 Å². The molecular weight excluding hydrogens is 416 g/mol. The summed E-state index contributed by atoms with van der Waals surface area (Å²) in [5.74, 6) is -1.01. The molecule has 0 aliphatic rings. The Morgan fingerprint density at radius 2 is 1.79 bits per heavy atom. The minimum Gasteiger partial charge on any atom is -0.452 e. The number of fused-ring (bicyclic) bond motifs is 1. The number of nitrogens with zero attached hydrogens (tertiary/aromatic N) is 3. The summed E-state index contributed by atoms with van der Waals surface area (Å²) in [7, 11) is 0. The van der Waals surface area contributed by atoms with Gasteiger partial charge in [-0.2, -0.15) is 5.10 Å². The highest BCUT2D eigenvalue weighted by atomic mass is 16.5. The SMILES string of the molecule is Cc1ccc(NC(=O)COC(=O)c2cc(-c3ccccc3C)nc3c2cnn3C(C)C)cc1. The summed E-state index contributed by atoms with van der Waals surface area (Å²) >= 11 is 0. The van der Waals surface area contributed by atoms with Crippen LogP contribution in [0.3, 0.4) is 0 Å². The van der Waals surface area contributed by atoms with E-state index in [2.05, 4.69) is 10.4 Å². The molecule has 33 heavy (non-hydrogen) atoms. The van der Waals surface area contributed by atoms with Crippen LogP contribution in [0.25, 0.3) is 22.3 Å². The molecule has 0 bridgehead atoms. The highest BCUT2D eigenvalue weighted by Gasteiger charge is 2.21. The van der Waals surface area contributed by atoms with Crippen LogP contribution in [0.2, 0.25) is 0 Å². The maximum Gasteiger partial charge on any atom is 0.339 e. The van der Waals surface area contributed by atoms with E-state index in [1.807, 2.05) is 64.1 Å². The predicted molar refractivity (Wildman–Crippen MR) is 128 cm³/mol. The number of aryl methyl sites for hydroxylation is 2. The number of hydrogen-bond acceptors (Lipinski definition) is 5. The first-order valence-electron chi connectivity index (χ1n) is 10.8. The molecule has 0 unspecified atom stereocenters. The minimum atomic E-state index is -0.598. The summed E-state index contributed by atoms with van der Waals surface area (Å²) in [4.78, 5) is 30.1. The second kappa shape index (κ2) is 9.24. The number of pyridine rings is 1. The lowest BCUT2D eigenvalue weighted by Gasteiger charge is -2.12. The van der Waals surface area contributed by atoms with Gasteiger partial charge >= 0.3 is 5.97 Å². The Kier molecular flexibility index (Phi) is 6.22. The van der Waals surface area contributed by atoms with Crippen molar-refractivity contribution in [3.8, 4) is 11.3 Å². The largest absolute Gasteiger partial charge is 0.452 e. The summed E-state index contributed by atoms with van der Waals surface area (Å²) in [6, 6.07) is 17.0. The number of carbonyl (C=O) groups is 2. The number of anilines is 1. The van der Waals surface area contributed by atoms with Gasteiger partial charge in [-0.25, -0.2) is 14.5 Å². The van der Waals surface area contributed by atoms with E-state index in [0.717, 1.165) is 16.7 Å². The van der Waals surface area contributed by atoms with E-state index in [1.165, 1.54) is 0 Å². The van der Waals surface area contributed by atoms with Gasteiger partial charge in [0.15, 0.2) is 12.3 Å². The van der Waals surface area contributed by atoms with Gasteiger partial charge in [-0.05, 0) is 51.5 Å². The third-order valence-corrected chi connectivity index (χ3v) is 5.37. The summed E-state index contributed by atoms with van der Waals surface area (Å²) < 4.78 is 7.14. The van der Waals surface area contributed by atoms with Crippen LogP contribution in [0.4, 0.5) is 5.69 Å². The number of aromatic nitrogens is 3. The second-order valence-electron chi connectivity index (χ2n) is 8.28. The van der Waals surface area contributed by atoms with Crippen molar-refractivity contribution in [1.29, 1.82) is 0 Å². The van der Waals surface area contributed by atoms with Crippen LogP contribution < -0.4 is 5.32 Å². The number of benzene rings is 2. The molecular formula is C26H26N4O3. The van der Waals surface area contributed by atoms with Crippen LogP contribution >= 0.6 is 0 Å². The molecule has 0 atom stereocenters. The summed E-state index contributed by atoms with van der Waals surface area (Å²) in [6.45, 7) is 7.57. The fraction of sp³-hybridized carbons (Fsp3) is 0.231. The molecule has 7 nitrogen and oxygen atoms in total. The Morgan fingerprint density at radius 3 is 2.48 bits per heavy atom. The lowest BCUT2D eigenvalue weighted by molar-refractivity contribution is -0.119. The zero-order chi connectivity index (χ0) is 23.5. The molecule has 4 rings (SSSR count). The number of hydrogen-bond donors (Lipinski definition) is 1. The van der Waals surface area contributed by atoms with Crippen LogP contribution in [0.15, 0.2) is 60.8 Å². The van der Waals surface area contributed by atoms with Gasteiger partial charge in [0.2, 0.25) is 0 Å². The molecule has 7 heteroatoms.